The first-order chi connectivity index (χ1) is 10.9. The maximum atomic E-state index is 11.0. The zero-order valence-electron chi connectivity index (χ0n) is 12.2. The number of hydrogen-bond acceptors (Lipinski definition) is 3. The van der Waals surface area contributed by atoms with E-state index in [1.165, 1.54) is 12.1 Å². The molecule has 0 heterocycles. The molecular weight excluding hydrogens is 300 g/mol. The number of aromatic carboxylic acids is 2. The molecular formula is C17H16O6. The molecule has 3 N–H and O–H groups in total. The van der Waals surface area contributed by atoms with Crippen molar-refractivity contribution in [2.45, 2.75) is 0 Å². The second kappa shape index (κ2) is 9.51. The van der Waals surface area contributed by atoms with E-state index in [-0.39, 0.29) is 16.5 Å². The zero-order valence-corrected chi connectivity index (χ0v) is 12.2. The first kappa shape index (κ1) is 19.6. The maximum Gasteiger partial charge on any atom is 0.336 e. The summed E-state index contributed by atoms with van der Waals surface area (Å²) >= 11 is 0. The van der Waals surface area contributed by atoms with Crippen LogP contribution in [-0.4, -0.2) is 33.2 Å². The van der Waals surface area contributed by atoms with Crippen molar-refractivity contribution >= 4 is 28.7 Å². The third kappa shape index (κ3) is 5.47. The molecule has 0 aromatic heterocycles. The predicted molar refractivity (Wildman–Crippen MR) is 87.0 cm³/mol. The minimum atomic E-state index is -1.13. The van der Waals surface area contributed by atoms with Crippen LogP contribution in [0.25, 0.3) is 10.8 Å². The van der Waals surface area contributed by atoms with E-state index in [2.05, 4.69) is 19.7 Å². The van der Waals surface area contributed by atoms with Crippen LogP contribution in [0.5, 0.6) is 0 Å². The molecule has 0 amide bonds. The lowest BCUT2D eigenvalue weighted by Gasteiger charge is -2.05. The van der Waals surface area contributed by atoms with Crippen molar-refractivity contribution < 1.29 is 29.7 Å². The van der Waals surface area contributed by atoms with Crippen LogP contribution in [-0.2, 0) is 4.79 Å². The summed E-state index contributed by atoms with van der Waals surface area (Å²) in [5.41, 5.74) is 0.0194. The number of rotatable bonds is 3. The lowest BCUT2D eigenvalue weighted by molar-refractivity contribution is -0.131. The highest BCUT2D eigenvalue weighted by Gasteiger charge is 2.15. The van der Waals surface area contributed by atoms with Crippen molar-refractivity contribution in [3.05, 3.63) is 73.3 Å². The average Bonchev–Trinajstić information content (AvgIpc) is 2.55. The van der Waals surface area contributed by atoms with Gasteiger partial charge in [0.2, 0.25) is 0 Å². The molecule has 0 aliphatic heterocycles. The van der Waals surface area contributed by atoms with E-state index in [1.54, 1.807) is 24.3 Å². The van der Waals surface area contributed by atoms with E-state index in [0.29, 0.717) is 5.39 Å². The standard InChI is InChI=1S/C12H8O4.C3H4O2.C2H4/c13-11(14)8-5-1-3-7-4-2-6-9(10(7)8)12(15)16;1-2-3(4)5;1-2/h1-6H,(H,13,14)(H,15,16);2H,1H2,(H,4,5);1-2H2. The first-order valence-corrected chi connectivity index (χ1v) is 6.22. The summed E-state index contributed by atoms with van der Waals surface area (Å²) < 4.78 is 0. The molecule has 0 spiro atoms. The summed E-state index contributed by atoms with van der Waals surface area (Å²) in [7, 11) is 0. The molecule has 0 aliphatic rings. The SMILES string of the molecule is C=C.C=CC(=O)O.O=C(O)c1cccc2cccc(C(=O)O)c12. The largest absolute Gasteiger partial charge is 0.478 e. The second-order valence-electron chi connectivity index (χ2n) is 3.86. The molecule has 0 saturated heterocycles. The fraction of sp³-hybridized carbons (Fsp3) is 0. The smallest absolute Gasteiger partial charge is 0.336 e. The molecule has 0 unspecified atom stereocenters. The van der Waals surface area contributed by atoms with Gasteiger partial charge in [0, 0.05) is 11.5 Å². The van der Waals surface area contributed by atoms with Gasteiger partial charge in [-0.15, -0.1) is 13.2 Å². The van der Waals surface area contributed by atoms with Crippen molar-refractivity contribution in [1.29, 1.82) is 0 Å². The van der Waals surface area contributed by atoms with Crippen LogP contribution in [0.2, 0.25) is 0 Å². The Bertz CT molecular complexity index is 684. The minimum Gasteiger partial charge on any atom is -0.478 e. The third-order valence-electron chi connectivity index (χ3n) is 2.54. The normalized spacial score (nSPS) is 8.70. The van der Waals surface area contributed by atoms with Gasteiger partial charge in [-0.3, -0.25) is 0 Å². The molecule has 0 radical (unpaired) electrons. The molecule has 0 aliphatic carbocycles. The van der Waals surface area contributed by atoms with Crippen LogP contribution >= 0.6 is 0 Å². The second-order valence-corrected chi connectivity index (χ2v) is 3.86. The van der Waals surface area contributed by atoms with E-state index >= 15 is 0 Å². The highest BCUT2D eigenvalue weighted by atomic mass is 16.4. The van der Waals surface area contributed by atoms with Gasteiger partial charge in [0.1, 0.15) is 0 Å². The molecule has 120 valence electrons. The lowest BCUT2D eigenvalue weighted by atomic mass is 9.99. The van der Waals surface area contributed by atoms with Gasteiger partial charge in [-0.1, -0.05) is 30.8 Å². The van der Waals surface area contributed by atoms with Crippen LogP contribution in [0, 0.1) is 0 Å². The first-order valence-electron chi connectivity index (χ1n) is 6.22. The van der Waals surface area contributed by atoms with Crippen LogP contribution in [0.4, 0.5) is 0 Å². The van der Waals surface area contributed by atoms with Crippen molar-refractivity contribution in [2.75, 3.05) is 0 Å². The zero-order chi connectivity index (χ0) is 18.0. The Kier molecular flexibility index (Phi) is 8.10. The fourth-order valence-corrected chi connectivity index (χ4v) is 1.70. The van der Waals surface area contributed by atoms with Gasteiger partial charge in [0.05, 0.1) is 11.1 Å². The Balaban J connectivity index is 0.000000594. The fourth-order valence-electron chi connectivity index (χ4n) is 1.70. The molecule has 6 heteroatoms. The number of carbonyl (C=O) groups is 3. The van der Waals surface area contributed by atoms with Gasteiger partial charge >= 0.3 is 17.9 Å². The van der Waals surface area contributed by atoms with Crippen molar-refractivity contribution in [2.24, 2.45) is 0 Å². The molecule has 2 rings (SSSR count). The maximum absolute atomic E-state index is 11.0. The van der Waals surface area contributed by atoms with Gasteiger partial charge in [-0.05, 0) is 17.5 Å². The number of benzene rings is 2. The van der Waals surface area contributed by atoms with Crippen molar-refractivity contribution in [1.82, 2.24) is 0 Å². The summed E-state index contributed by atoms with van der Waals surface area (Å²) in [4.78, 5) is 31.2. The van der Waals surface area contributed by atoms with Crippen LogP contribution in [0.3, 0.4) is 0 Å². The Morgan fingerprint density at radius 1 is 0.826 bits per heavy atom. The van der Waals surface area contributed by atoms with Gasteiger partial charge < -0.3 is 15.3 Å². The number of aliphatic carboxylic acids is 1. The topological polar surface area (TPSA) is 112 Å². The molecule has 0 saturated carbocycles. The quantitative estimate of drug-likeness (QED) is 0.591. The van der Waals surface area contributed by atoms with Gasteiger partial charge in [-0.2, -0.15) is 0 Å². The van der Waals surface area contributed by atoms with E-state index in [0.717, 1.165) is 6.08 Å². The summed E-state index contributed by atoms with van der Waals surface area (Å²) in [6.45, 7) is 8.96. The Morgan fingerprint density at radius 2 is 1.17 bits per heavy atom. The van der Waals surface area contributed by atoms with Gasteiger partial charge in [-0.25, -0.2) is 14.4 Å². The van der Waals surface area contributed by atoms with E-state index in [9.17, 15) is 14.4 Å². The molecule has 2 aromatic carbocycles. The van der Waals surface area contributed by atoms with Crippen molar-refractivity contribution in [3.8, 4) is 0 Å². The average molecular weight is 316 g/mol. The van der Waals surface area contributed by atoms with Crippen LogP contribution < -0.4 is 0 Å². The van der Waals surface area contributed by atoms with E-state index in [1.807, 2.05) is 0 Å². The number of carboxylic acid groups (broad SMARTS) is 3. The Hall–Kier alpha value is -3.41. The molecule has 0 fully saturated rings. The molecule has 0 atom stereocenters. The lowest BCUT2D eigenvalue weighted by Crippen LogP contribution is -2.03. The van der Waals surface area contributed by atoms with Crippen molar-refractivity contribution in [3.63, 3.8) is 0 Å². The highest BCUT2D eigenvalue weighted by molar-refractivity contribution is 6.12. The number of fused-ring (bicyclic) bond motifs is 1. The molecule has 6 nitrogen and oxygen atoms in total. The summed E-state index contributed by atoms with van der Waals surface area (Å²) in [6.07, 6.45) is 0.833. The third-order valence-corrected chi connectivity index (χ3v) is 2.54. The van der Waals surface area contributed by atoms with E-state index < -0.39 is 17.9 Å². The summed E-state index contributed by atoms with van der Waals surface area (Å²) in [5, 5.41) is 26.5. The summed E-state index contributed by atoms with van der Waals surface area (Å²) in [6, 6.07) is 9.37. The molecule has 23 heavy (non-hydrogen) atoms. The van der Waals surface area contributed by atoms with Gasteiger partial charge in [0.15, 0.2) is 0 Å². The molecule has 2 aromatic rings. The Labute approximate surface area is 132 Å². The van der Waals surface area contributed by atoms with E-state index in [4.69, 9.17) is 15.3 Å². The summed E-state index contributed by atoms with van der Waals surface area (Å²) in [5.74, 6) is -3.23. The molecule has 0 bridgehead atoms. The number of hydrogen-bond donors (Lipinski definition) is 3. The monoisotopic (exact) mass is 316 g/mol. The Morgan fingerprint density at radius 3 is 1.43 bits per heavy atom. The van der Waals surface area contributed by atoms with Gasteiger partial charge in [0.25, 0.3) is 0 Å². The highest BCUT2D eigenvalue weighted by Crippen LogP contribution is 2.23. The van der Waals surface area contributed by atoms with Crippen LogP contribution in [0.15, 0.2) is 62.2 Å². The van der Waals surface area contributed by atoms with Crippen LogP contribution in [0.1, 0.15) is 20.7 Å². The number of carboxylic acids is 3. The predicted octanol–water partition coefficient (Wildman–Crippen LogP) is 3.30. The minimum absolute atomic E-state index is 0.00972.